The van der Waals surface area contributed by atoms with E-state index in [0.29, 0.717) is 5.65 Å². The minimum Gasteiger partial charge on any atom is -0.385 e. The highest BCUT2D eigenvalue weighted by atomic mass is 35.5. The van der Waals surface area contributed by atoms with Crippen LogP contribution in [0.15, 0.2) is 18.3 Å². The number of halogens is 2. The zero-order valence-electron chi connectivity index (χ0n) is 7.69. The van der Waals surface area contributed by atoms with Crippen molar-refractivity contribution in [2.45, 2.75) is 6.10 Å². The Labute approximate surface area is 90.1 Å². The van der Waals surface area contributed by atoms with E-state index < -0.39 is 11.9 Å². The third kappa shape index (κ3) is 1.69. The van der Waals surface area contributed by atoms with Gasteiger partial charge in [-0.2, -0.15) is 0 Å². The van der Waals surface area contributed by atoms with Crippen LogP contribution >= 0.6 is 11.6 Å². The molecule has 6 heteroatoms. The number of nitrogens with zero attached hydrogens (tertiary/aromatic N) is 2. The van der Waals surface area contributed by atoms with Gasteiger partial charge < -0.3 is 10.8 Å². The normalized spacial score (nSPS) is 13.3. The number of hydrogen-bond donors (Lipinski definition) is 2. The molecule has 2 aromatic rings. The number of rotatable bonds is 2. The van der Waals surface area contributed by atoms with Gasteiger partial charge in [-0.15, -0.1) is 0 Å². The highest BCUT2D eigenvalue weighted by molar-refractivity contribution is 6.30. The summed E-state index contributed by atoms with van der Waals surface area (Å²) in [5, 5.41) is 9.68. The zero-order chi connectivity index (χ0) is 11.0. The van der Waals surface area contributed by atoms with E-state index in [2.05, 4.69) is 4.98 Å². The lowest BCUT2D eigenvalue weighted by atomic mass is 10.3. The van der Waals surface area contributed by atoms with Crippen molar-refractivity contribution in [3.05, 3.63) is 35.0 Å². The van der Waals surface area contributed by atoms with E-state index in [1.807, 2.05) is 0 Å². The molecule has 3 N–H and O–H groups in total. The van der Waals surface area contributed by atoms with E-state index in [1.165, 1.54) is 22.7 Å². The van der Waals surface area contributed by atoms with Gasteiger partial charge in [0.05, 0.1) is 0 Å². The van der Waals surface area contributed by atoms with Crippen LogP contribution in [0.25, 0.3) is 5.65 Å². The molecule has 0 aliphatic carbocycles. The molecule has 1 unspecified atom stereocenters. The summed E-state index contributed by atoms with van der Waals surface area (Å²) in [6.45, 7) is 0.0199. The van der Waals surface area contributed by atoms with Gasteiger partial charge in [0.2, 0.25) is 0 Å². The summed E-state index contributed by atoms with van der Waals surface area (Å²) < 4.78 is 14.3. The van der Waals surface area contributed by atoms with Gasteiger partial charge in [-0.1, -0.05) is 11.6 Å². The van der Waals surface area contributed by atoms with Gasteiger partial charge in [-0.3, -0.25) is 4.40 Å². The first-order valence-corrected chi connectivity index (χ1v) is 4.72. The standard InChI is InChI=1S/C9H9ClFN3O/c10-9-8(6(15)3-12)13-7-2-1-5(11)4-14(7)9/h1-2,4,6,15H,3,12H2. The average molecular weight is 230 g/mol. The number of imidazole rings is 1. The molecule has 0 spiro atoms. The van der Waals surface area contributed by atoms with Crippen LogP contribution in [-0.4, -0.2) is 21.0 Å². The number of pyridine rings is 1. The second-order valence-electron chi connectivity index (χ2n) is 3.11. The van der Waals surface area contributed by atoms with Crippen molar-refractivity contribution in [1.82, 2.24) is 9.38 Å². The molecule has 2 rings (SSSR count). The first kappa shape index (κ1) is 10.4. The molecule has 0 saturated carbocycles. The molecule has 0 amide bonds. The molecule has 4 nitrogen and oxygen atoms in total. The first-order chi connectivity index (χ1) is 7.13. The van der Waals surface area contributed by atoms with Crippen molar-refractivity contribution in [3.63, 3.8) is 0 Å². The van der Waals surface area contributed by atoms with E-state index in [0.717, 1.165) is 0 Å². The molecule has 80 valence electrons. The fraction of sp³-hybridized carbons (Fsp3) is 0.222. The minimum atomic E-state index is -0.930. The van der Waals surface area contributed by atoms with Crippen LogP contribution in [0.2, 0.25) is 5.15 Å². The molecule has 0 aliphatic rings. The Morgan fingerprint density at radius 2 is 2.33 bits per heavy atom. The van der Waals surface area contributed by atoms with Gasteiger partial charge >= 0.3 is 0 Å². The monoisotopic (exact) mass is 229 g/mol. The van der Waals surface area contributed by atoms with E-state index in [-0.39, 0.29) is 17.4 Å². The summed E-state index contributed by atoms with van der Waals surface area (Å²) in [6.07, 6.45) is 0.276. The summed E-state index contributed by atoms with van der Waals surface area (Å²) in [5.41, 5.74) is 6.04. The van der Waals surface area contributed by atoms with E-state index >= 15 is 0 Å². The average Bonchev–Trinajstić information content (AvgIpc) is 2.55. The Hall–Kier alpha value is -1.17. The highest BCUT2D eigenvalue weighted by Gasteiger charge is 2.16. The van der Waals surface area contributed by atoms with Gasteiger partial charge in [-0.25, -0.2) is 9.37 Å². The molecule has 0 aliphatic heterocycles. The van der Waals surface area contributed by atoms with Crippen LogP contribution in [0, 0.1) is 5.82 Å². The number of aromatic nitrogens is 2. The van der Waals surface area contributed by atoms with Gasteiger partial charge in [0.25, 0.3) is 0 Å². The second kappa shape index (κ2) is 3.77. The third-order valence-electron chi connectivity index (χ3n) is 2.09. The molecule has 1 atom stereocenters. The Morgan fingerprint density at radius 1 is 1.60 bits per heavy atom. The van der Waals surface area contributed by atoms with Crippen molar-refractivity contribution < 1.29 is 9.50 Å². The highest BCUT2D eigenvalue weighted by Crippen LogP contribution is 2.23. The van der Waals surface area contributed by atoms with Gasteiger partial charge in [0, 0.05) is 12.7 Å². The summed E-state index contributed by atoms with van der Waals surface area (Å²) in [5.74, 6) is -0.421. The number of aliphatic hydroxyl groups is 1. The molecule has 15 heavy (non-hydrogen) atoms. The predicted molar refractivity (Wildman–Crippen MR) is 54.2 cm³/mol. The quantitative estimate of drug-likeness (QED) is 0.811. The predicted octanol–water partition coefficient (Wildman–Crippen LogP) is 1.12. The minimum absolute atomic E-state index is 0.0199. The van der Waals surface area contributed by atoms with Gasteiger partial charge in [0.1, 0.15) is 28.4 Å². The lowest BCUT2D eigenvalue weighted by Gasteiger charge is -2.03. The topological polar surface area (TPSA) is 63.5 Å². The maximum Gasteiger partial charge on any atom is 0.139 e. The van der Waals surface area contributed by atoms with Crippen LogP contribution in [0.5, 0.6) is 0 Å². The molecule has 2 heterocycles. The first-order valence-electron chi connectivity index (χ1n) is 4.34. The van der Waals surface area contributed by atoms with Crippen molar-refractivity contribution >= 4 is 17.2 Å². The maximum atomic E-state index is 12.9. The Bertz CT molecular complexity index is 499. The van der Waals surface area contributed by atoms with Crippen LogP contribution in [0.3, 0.4) is 0 Å². The summed E-state index contributed by atoms with van der Waals surface area (Å²) in [4.78, 5) is 4.06. The Morgan fingerprint density at radius 3 is 3.00 bits per heavy atom. The lowest BCUT2D eigenvalue weighted by Crippen LogP contribution is -2.12. The molecule has 0 aromatic carbocycles. The molecule has 0 radical (unpaired) electrons. The molecule has 0 bridgehead atoms. The lowest BCUT2D eigenvalue weighted by molar-refractivity contribution is 0.182. The second-order valence-corrected chi connectivity index (χ2v) is 3.47. The van der Waals surface area contributed by atoms with E-state index in [1.54, 1.807) is 0 Å². The summed E-state index contributed by atoms with van der Waals surface area (Å²) >= 11 is 5.92. The van der Waals surface area contributed by atoms with Gasteiger partial charge in [0.15, 0.2) is 0 Å². The number of aliphatic hydroxyl groups excluding tert-OH is 1. The van der Waals surface area contributed by atoms with Crippen LogP contribution < -0.4 is 5.73 Å². The fourth-order valence-corrected chi connectivity index (χ4v) is 1.64. The SMILES string of the molecule is NCC(O)c1nc2ccc(F)cn2c1Cl. The largest absolute Gasteiger partial charge is 0.385 e. The Kier molecular flexibility index (Phi) is 2.60. The molecular formula is C9H9ClFN3O. The summed E-state index contributed by atoms with van der Waals surface area (Å²) in [6, 6.07) is 2.76. The third-order valence-corrected chi connectivity index (χ3v) is 2.46. The smallest absolute Gasteiger partial charge is 0.139 e. The summed E-state index contributed by atoms with van der Waals surface area (Å²) in [7, 11) is 0. The molecule has 0 fully saturated rings. The Balaban J connectivity index is 2.64. The van der Waals surface area contributed by atoms with Crippen LogP contribution in [0.4, 0.5) is 4.39 Å². The molecule has 0 saturated heterocycles. The number of nitrogens with two attached hydrogens (primary N) is 1. The number of hydrogen-bond acceptors (Lipinski definition) is 3. The van der Waals surface area contributed by atoms with Crippen molar-refractivity contribution in [1.29, 1.82) is 0 Å². The van der Waals surface area contributed by atoms with Crippen molar-refractivity contribution in [3.8, 4) is 0 Å². The van der Waals surface area contributed by atoms with Crippen LogP contribution in [0.1, 0.15) is 11.8 Å². The van der Waals surface area contributed by atoms with E-state index in [9.17, 15) is 9.50 Å². The van der Waals surface area contributed by atoms with Crippen molar-refractivity contribution in [2.24, 2.45) is 5.73 Å². The van der Waals surface area contributed by atoms with E-state index in [4.69, 9.17) is 17.3 Å². The zero-order valence-corrected chi connectivity index (χ0v) is 8.45. The maximum absolute atomic E-state index is 12.9. The van der Waals surface area contributed by atoms with Crippen LogP contribution in [-0.2, 0) is 0 Å². The molecule has 2 aromatic heterocycles. The van der Waals surface area contributed by atoms with Crippen molar-refractivity contribution in [2.75, 3.05) is 6.54 Å². The molecular weight excluding hydrogens is 221 g/mol. The fourth-order valence-electron chi connectivity index (χ4n) is 1.33. The van der Waals surface area contributed by atoms with Gasteiger partial charge in [-0.05, 0) is 12.1 Å². The number of fused-ring (bicyclic) bond motifs is 1.